The van der Waals surface area contributed by atoms with E-state index in [-0.39, 0.29) is 11.8 Å². The molecule has 5 nitrogen and oxygen atoms in total. The third-order valence-corrected chi connectivity index (χ3v) is 8.29. The van der Waals surface area contributed by atoms with Gasteiger partial charge in [-0.25, -0.2) is 4.98 Å². The van der Waals surface area contributed by atoms with Gasteiger partial charge in [0.1, 0.15) is 11.6 Å². The summed E-state index contributed by atoms with van der Waals surface area (Å²) in [5, 5.41) is 0. The van der Waals surface area contributed by atoms with Gasteiger partial charge < -0.3 is 14.2 Å². The minimum absolute atomic E-state index is 0.110. The number of ether oxygens (including phenoxy) is 1. The van der Waals surface area contributed by atoms with Gasteiger partial charge in [-0.1, -0.05) is 103 Å². The van der Waals surface area contributed by atoms with Crippen LogP contribution in [0.2, 0.25) is 0 Å². The van der Waals surface area contributed by atoms with Gasteiger partial charge in [-0.15, -0.1) is 0 Å². The fourth-order valence-electron chi connectivity index (χ4n) is 6.00. The number of para-hydroxylation sites is 2. The Morgan fingerprint density at radius 2 is 1.38 bits per heavy atom. The summed E-state index contributed by atoms with van der Waals surface area (Å²) in [6.45, 7) is 3.93. The first-order valence-corrected chi connectivity index (χ1v) is 15.6. The van der Waals surface area contributed by atoms with Crippen LogP contribution in [0.3, 0.4) is 0 Å². The molecule has 39 heavy (non-hydrogen) atoms. The summed E-state index contributed by atoms with van der Waals surface area (Å²) >= 11 is 0. The van der Waals surface area contributed by atoms with E-state index in [0.29, 0.717) is 13.0 Å². The molecule has 0 saturated carbocycles. The lowest BCUT2D eigenvalue weighted by Gasteiger charge is -2.18. The maximum atomic E-state index is 13.0. The van der Waals surface area contributed by atoms with Crippen LogP contribution in [0.5, 0.6) is 5.75 Å². The Kier molecular flexibility index (Phi) is 11.7. The molecule has 1 fully saturated rings. The first-order chi connectivity index (χ1) is 19.2. The molecule has 0 aliphatic carbocycles. The SMILES string of the molecule is CCCCCCCCCCCCCCCCn1c([C@@H]2CC(=O)N(c3ccc(OC)cc3)C2)nc2ccccc21. The summed E-state index contributed by atoms with van der Waals surface area (Å²) in [5.41, 5.74) is 3.16. The van der Waals surface area contributed by atoms with E-state index in [1.54, 1.807) is 7.11 Å². The molecule has 0 spiro atoms. The van der Waals surface area contributed by atoms with Crippen molar-refractivity contribution in [2.45, 2.75) is 116 Å². The number of benzene rings is 2. The summed E-state index contributed by atoms with van der Waals surface area (Å²) in [5.74, 6) is 2.14. The monoisotopic (exact) mass is 531 g/mol. The number of hydrogen-bond donors (Lipinski definition) is 0. The van der Waals surface area contributed by atoms with Gasteiger partial charge in [-0.2, -0.15) is 0 Å². The van der Waals surface area contributed by atoms with Gasteiger partial charge in [0.15, 0.2) is 0 Å². The number of aryl methyl sites for hydroxylation is 1. The van der Waals surface area contributed by atoms with Crippen molar-refractivity contribution in [3.8, 4) is 5.75 Å². The van der Waals surface area contributed by atoms with E-state index in [4.69, 9.17) is 9.72 Å². The first-order valence-electron chi connectivity index (χ1n) is 15.6. The maximum absolute atomic E-state index is 13.0. The first kappa shape index (κ1) is 29.2. The lowest BCUT2D eigenvalue weighted by Crippen LogP contribution is -2.24. The fraction of sp³-hybridized carbons (Fsp3) is 0.588. The molecule has 0 bridgehead atoms. The summed E-state index contributed by atoms with van der Waals surface area (Å²) in [7, 11) is 1.66. The van der Waals surface area contributed by atoms with Crippen molar-refractivity contribution < 1.29 is 9.53 Å². The molecule has 0 radical (unpaired) electrons. The number of hydrogen-bond acceptors (Lipinski definition) is 3. The van der Waals surface area contributed by atoms with Crippen LogP contribution in [0.4, 0.5) is 5.69 Å². The molecular formula is C34H49N3O2. The number of imidazole rings is 1. The predicted molar refractivity (Wildman–Crippen MR) is 163 cm³/mol. The van der Waals surface area contributed by atoms with E-state index in [0.717, 1.165) is 35.7 Å². The van der Waals surface area contributed by atoms with Crippen molar-refractivity contribution in [3.05, 3.63) is 54.4 Å². The molecule has 1 amide bonds. The van der Waals surface area contributed by atoms with Gasteiger partial charge >= 0.3 is 0 Å². The number of carbonyl (C=O) groups is 1. The highest BCUT2D eigenvalue weighted by Crippen LogP contribution is 2.34. The molecule has 1 aliphatic heterocycles. The molecule has 4 rings (SSSR count). The molecular weight excluding hydrogens is 482 g/mol. The second-order valence-electron chi connectivity index (χ2n) is 11.3. The van der Waals surface area contributed by atoms with E-state index in [1.165, 1.54) is 89.0 Å². The summed E-state index contributed by atoms with van der Waals surface area (Å²) in [6, 6.07) is 16.2. The molecule has 1 saturated heterocycles. The number of nitrogens with zero attached hydrogens (tertiary/aromatic N) is 3. The Morgan fingerprint density at radius 1 is 0.795 bits per heavy atom. The van der Waals surface area contributed by atoms with Gasteiger partial charge in [0.25, 0.3) is 0 Å². The van der Waals surface area contributed by atoms with Crippen molar-refractivity contribution in [2.24, 2.45) is 0 Å². The van der Waals surface area contributed by atoms with E-state index in [2.05, 4.69) is 35.8 Å². The number of methoxy groups -OCH3 is 1. The van der Waals surface area contributed by atoms with Crippen LogP contribution in [0.15, 0.2) is 48.5 Å². The third-order valence-electron chi connectivity index (χ3n) is 8.29. The zero-order valence-corrected chi connectivity index (χ0v) is 24.4. The Balaban J connectivity index is 1.23. The van der Waals surface area contributed by atoms with Gasteiger partial charge in [-0.3, -0.25) is 4.79 Å². The molecule has 0 unspecified atom stereocenters. The second kappa shape index (κ2) is 15.7. The van der Waals surface area contributed by atoms with E-state index < -0.39 is 0 Å². The lowest BCUT2D eigenvalue weighted by molar-refractivity contribution is -0.117. The van der Waals surface area contributed by atoms with Gasteiger partial charge in [0.2, 0.25) is 5.91 Å². The molecule has 0 N–H and O–H groups in total. The number of aromatic nitrogens is 2. The number of carbonyl (C=O) groups excluding carboxylic acids is 1. The quantitative estimate of drug-likeness (QED) is 0.154. The van der Waals surface area contributed by atoms with Crippen LogP contribution in [0, 0.1) is 0 Å². The van der Waals surface area contributed by atoms with Crippen LogP contribution in [0.1, 0.15) is 115 Å². The normalized spacial score (nSPS) is 15.5. The van der Waals surface area contributed by atoms with Gasteiger partial charge in [-0.05, 0) is 42.8 Å². The Bertz CT molecular complexity index is 1140. The summed E-state index contributed by atoms with van der Waals surface area (Å²) in [6.07, 6.45) is 19.6. The number of unbranched alkanes of at least 4 members (excludes halogenated alkanes) is 13. The average molecular weight is 532 g/mol. The van der Waals surface area contributed by atoms with E-state index >= 15 is 0 Å². The Labute approximate surface area is 236 Å². The van der Waals surface area contributed by atoms with Crippen molar-refractivity contribution in [3.63, 3.8) is 0 Å². The number of rotatable bonds is 18. The molecule has 2 aromatic carbocycles. The Morgan fingerprint density at radius 3 is 2.00 bits per heavy atom. The second-order valence-corrected chi connectivity index (χ2v) is 11.3. The molecule has 212 valence electrons. The average Bonchev–Trinajstić information content (AvgIpc) is 3.53. The molecule has 1 aliphatic rings. The van der Waals surface area contributed by atoms with Crippen LogP contribution in [-0.2, 0) is 11.3 Å². The number of anilines is 1. The van der Waals surface area contributed by atoms with Crippen molar-refractivity contribution >= 4 is 22.6 Å². The molecule has 2 heterocycles. The molecule has 3 aromatic rings. The Hall–Kier alpha value is -2.82. The largest absolute Gasteiger partial charge is 0.497 e. The topological polar surface area (TPSA) is 47.4 Å². The van der Waals surface area contributed by atoms with Crippen LogP contribution >= 0.6 is 0 Å². The van der Waals surface area contributed by atoms with Gasteiger partial charge in [0, 0.05) is 31.1 Å². The van der Waals surface area contributed by atoms with Gasteiger partial charge in [0.05, 0.1) is 18.1 Å². The zero-order chi connectivity index (χ0) is 27.3. The fourth-order valence-corrected chi connectivity index (χ4v) is 6.00. The minimum Gasteiger partial charge on any atom is -0.497 e. The highest BCUT2D eigenvalue weighted by molar-refractivity contribution is 5.96. The van der Waals surface area contributed by atoms with Crippen molar-refractivity contribution in [1.82, 2.24) is 9.55 Å². The lowest BCUT2D eigenvalue weighted by atomic mass is 10.0. The van der Waals surface area contributed by atoms with Crippen molar-refractivity contribution in [2.75, 3.05) is 18.6 Å². The standard InChI is InChI=1S/C34H49N3O2/c1-3-4-5-6-7-8-9-10-11-12-13-14-15-18-25-36-32-20-17-16-19-31(32)35-34(36)28-26-33(38)37(27-28)29-21-23-30(39-2)24-22-29/h16-17,19-24,28H,3-15,18,25-27H2,1-2H3/t28-/m1/s1. The predicted octanol–water partition coefficient (Wildman–Crippen LogP) is 9.05. The smallest absolute Gasteiger partial charge is 0.227 e. The molecule has 1 atom stereocenters. The van der Waals surface area contributed by atoms with E-state index in [9.17, 15) is 4.79 Å². The van der Waals surface area contributed by atoms with Crippen molar-refractivity contribution in [1.29, 1.82) is 0 Å². The van der Waals surface area contributed by atoms with Crippen LogP contribution in [0.25, 0.3) is 11.0 Å². The number of fused-ring (bicyclic) bond motifs is 1. The third kappa shape index (κ3) is 8.33. The zero-order valence-electron chi connectivity index (χ0n) is 24.4. The molecule has 1 aromatic heterocycles. The maximum Gasteiger partial charge on any atom is 0.227 e. The van der Waals surface area contributed by atoms with E-state index in [1.807, 2.05) is 29.2 Å². The van der Waals surface area contributed by atoms with Crippen LogP contribution < -0.4 is 9.64 Å². The minimum atomic E-state index is 0.110. The molecule has 5 heteroatoms. The highest BCUT2D eigenvalue weighted by atomic mass is 16.5. The summed E-state index contributed by atoms with van der Waals surface area (Å²) < 4.78 is 7.68. The highest BCUT2D eigenvalue weighted by Gasteiger charge is 2.34. The van der Waals surface area contributed by atoms with Crippen LogP contribution in [-0.4, -0.2) is 29.1 Å². The summed E-state index contributed by atoms with van der Waals surface area (Å²) in [4.78, 5) is 19.9. The number of amides is 1.